The summed E-state index contributed by atoms with van der Waals surface area (Å²) < 4.78 is 5.43. The van der Waals surface area contributed by atoms with Crippen molar-refractivity contribution in [1.29, 1.82) is 0 Å². The first-order valence-corrected chi connectivity index (χ1v) is 6.80. The molecular weight excluding hydrogens is 234 g/mol. The van der Waals surface area contributed by atoms with E-state index in [0.29, 0.717) is 19.4 Å². The number of carbonyl (C=O) groups is 2. The first kappa shape index (κ1) is 13.3. The number of hydrogen-bond acceptors (Lipinski definition) is 3. The van der Waals surface area contributed by atoms with Gasteiger partial charge in [-0.3, -0.25) is 9.59 Å². The average molecular weight is 255 g/mol. The Bertz CT molecular complexity index is 312. The third-order valence-corrected chi connectivity index (χ3v) is 3.95. The van der Waals surface area contributed by atoms with E-state index in [1.165, 1.54) is 0 Å². The second-order valence-corrected chi connectivity index (χ2v) is 5.22. The summed E-state index contributed by atoms with van der Waals surface area (Å²) in [6.45, 7) is 1.28. The molecule has 18 heavy (non-hydrogen) atoms. The highest BCUT2D eigenvalue weighted by Crippen LogP contribution is 2.30. The molecule has 1 aliphatic heterocycles. The Labute approximate surface area is 107 Å². The summed E-state index contributed by atoms with van der Waals surface area (Å²) in [5, 5.41) is 12.0. The van der Waals surface area contributed by atoms with Gasteiger partial charge < -0.3 is 15.2 Å². The average Bonchev–Trinajstić information content (AvgIpc) is 2.89. The fourth-order valence-corrected chi connectivity index (χ4v) is 2.89. The van der Waals surface area contributed by atoms with Gasteiger partial charge in [0, 0.05) is 13.2 Å². The molecule has 2 fully saturated rings. The molecule has 2 rings (SSSR count). The van der Waals surface area contributed by atoms with E-state index in [4.69, 9.17) is 9.84 Å². The van der Waals surface area contributed by atoms with Crippen LogP contribution in [0.2, 0.25) is 0 Å². The lowest BCUT2D eigenvalue weighted by Crippen LogP contribution is -2.42. The number of ether oxygens (including phenoxy) is 1. The second-order valence-electron chi connectivity index (χ2n) is 5.22. The predicted octanol–water partition coefficient (Wildman–Crippen LogP) is 1.17. The van der Waals surface area contributed by atoms with Crippen LogP contribution < -0.4 is 5.32 Å². The minimum absolute atomic E-state index is 0.112. The maximum Gasteiger partial charge on any atom is 0.307 e. The number of carboxylic acid groups (broad SMARTS) is 1. The van der Waals surface area contributed by atoms with Gasteiger partial charge in [-0.1, -0.05) is 12.8 Å². The Hall–Kier alpha value is -1.10. The van der Waals surface area contributed by atoms with Gasteiger partial charge in [0.05, 0.1) is 17.9 Å². The van der Waals surface area contributed by atoms with Gasteiger partial charge in [-0.05, 0) is 25.7 Å². The van der Waals surface area contributed by atoms with Crippen LogP contribution in [0.3, 0.4) is 0 Å². The number of aliphatic carboxylic acids is 1. The molecule has 0 radical (unpaired) electrons. The van der Waals surface area contributed by atoms with Crippen molar-refractivity contribution in [3.63, 3.8) is 0 Å². The zero-order valence-corrected chi connectivity index (χ0v) is 10.6. The van der Waals surface area contributed by atoms with Crippen molar-refractivity contribution in [2.24, 2.45) is 11.8 Å². The van der Waals surface area contributed by atoms with Crippen molar-refractivity contribution in [3.8, 4) is 0 Å². The topological polar surface area (TPSA) is 75.6 Å². The van der Waals surface area contributed by atoms with Crippen molar-refractivity contribution >= 4 is 11.9 Å². The molecule has 2 aliphatic rings. The Balaban J connectivity index is 1.83. The predicted molar refractivity (Wildman–Crippen MR) is 65.1 cm³/mol. The highest BCUT2D eigenvalue weighted by molar-refractivity contribution is 5.84. The monoisotopic (exact) mass is 255 g/mol. The van der Waals surface area contributed by atoms with Crippen molar-refractivity contribution < 1.29 is 19.4 Å². The van der Waals surface area contributed by atoms with Crippen molar-refractivity contribution in [2.45, 2.75) is 44.6 Å². The van der Waals surface area contributed by atoms with E-state index in [0.717, 1.165) is 32.3 Å². The zero-order valence-electron chi connectivity index (χ0n) is 10.6. The Morgan fingerprint density at radius 1 is 1.11 bits per heavy atom. The second kappa shape index (κ2) is 6.18. The fourth-order valence-electron chi connectivity index (χ4n) is 2.89. The molecule has 5 nitrogen and oxygen atoms in total. The summed E-state index contributed by atoms with van der Waals surface area (Å²) >= 11 is 0. The quantitative estimate of drug-likeness (QED) is 0.790. The van der Waals surface area contributed by atoms with E-state index in [1.807, 2.05) is 0 Å². The van der Waals surface area contributed by atoms with Gasteiger partial charge in [0.1, 0.15) is 0 Å². The molecule has 1 aliphatic carbocycles. The lowest BCUT2D eigenvalue weighted by molar-refractivity contribution is -0.149. The number of rotatable bonds is 4. The lowest BCUT2D eigenvalue weighted by Gasteiger charge is -2.27. The van der Waals surface area contributed by atoms with Gasteiger partial charge in [-0.2, -0.15) is 0 Å². The molecule has 102 valence electrons. The van der Waals surface area contributed by atoms with E-state index < -0.39 is 11.9 Å². The zero-order chi connectivity index (χ0) is 13.0. The van der Waals surface area contributed by atoms with Gasteiger partial charge in [-0.25, -0.2) is 0 Å². The van der Waals surface area contributed by atoms with Gasteiger partial charge in [0.2, 0.25) is 5.91 Å². The molecule has 1 saturated carbocycles. The Morgan fingerprint density at radius 3 is 2.44 bits per heavy atom. The lowest BCUT2D eigenvalue weighted by atomic mass is 9.78. The minimum Gasteiger partial charge on any atom is -0.481 e. The molecule has 0 aromatic heterocycles. The minimum atomic E-state index is -0.841. The molecule has 0 spiro atoms. The molecule has 5 heteroatoms. The van der Waals surface area contributed by atoms with Crippen LogP contribution in [0.25, 0.3) is 0 Å². The van der Waals surface area contributed by atoms with Crippen LogP contribution in [-0.4, -0.2) is 36.2 Å². The number of hydrogen-bond donors (Lipinski definition) is 2. The third kappa shape index (κ3) is 3.22. The van der Waals surface area contributed by atoms with Crippen LogP contribution in [0.15, 0.2) is 0 Å². The highest BCUT2D eigenvalue weighted by Gasteiger charge is 2.35. The van der Waals surface area contributed by atoms with Gasteiger partial charge in [0.15, 0.2) is 0 Å². The maximum absolute atomic E-state index is 12.0. The Kier molecular flexibility index (Phi) is 4.58. The van der Waals surface area contributed by atoms with Crippen LogP contribution in [0.4, 0.5) is 0 Å². The van der Waals surface area contributed by atoms with E-state index in [2.05, 4.69) is 5.32 Å². The molecular formula is C13H21NO4. The van der Waals surface area contributed by atoms with Crippen LogP contribution in [0.1, 0.15) is 38.5 Å². The van der Waals surface area contributed by atoms with Crippen LogP contribution in [0, 0.1) is 11.8 Å². The maximum atomic E-state index is 12.0. The highest BCUT2D eigenvalue weighted by atomic mass is 16.5. The van der Waals surface area contributed by atoms with Crippen LogP contribution in [-0.2, 0) is 14.3 Å². The molecule has 0 aromatic rings. The fraction of sp³-hybridized carbons (Fsp3) is 0.846. The summed E-state index contributed by atoms with van der Waals surface area (Å²) in [7, 11) is 0. The molecule has 1 amide bonds. The molecule has 3 atom stereocenters. The van der Waals surface area contributed by atoms with E-state index in [-0.39, 0.29) is 17.9 Å². The Morgan fingerprint density at radius 2 is 1.83 bits per heavy atom. The first-order valence-electron chi connectivity index (χ1n) is 6.80. The van der Waals surface area contributed by atoms with Crippen molar-refractivity contribution in [2.75, 3.05) is 13.2 Å². The first-order chi connectivity index (χ1) is 8.68. The number of carbonyl (C=O) groups excluding carboxylic acids is 1. The standard InChI is InChI=1S/C13H21NO4/c15-12(14-8-9-4-3-7-18-9)10-5-1-2-6-11(10)13(16)17/h9-11H,1-8H2,(H,14,15)(H,16,17)/t9?,10-,11+/m1/s1. The van der Waals surface area contributed by atoms with Crippen molar-refractivity contribution in [1.82, 2.24) is 5.32 Å². The number of carboxylic acids is 1. The summed E-state index contributed by atoms with van der Waals surface area (Å²) in [6, 6.07) is 0. The van der Waals surface area contributed by atoms with E-state index in [1.54, 1.807) is 0 Å². The summed E-state index contributed by atoms with van der Waals surface area (Å²) in [5.41, 5.74) is 0. The van der Waals surface area contributed by atoms with Gasteiger partial charge in [-0.15, -0.1) is 0 Å². The SMILES string of the molecule is O=C(O)[C@H]1CCCC[C@H]1C(=O)NCC1CCCO1. The summed E-state index contributed by atoms with van der Waals surface area (Å²) in [5.74, 6) is -1.83. The number of amides is 1. The molecule has 0 aromatic carbocycles. The molecule has 0 bridgehead atoms. The molecule has 1 heterocycles. The molecule has 2 N–H and O–H groups in total. The summed E-state index contributed by atoms with van der Waals surface area (Å²) in [6.07, 6.45) is 5.30. The molecule has 1 saturated heterocycles. The molecule has 1 unspecified atom stereocenters. The van der Waals surface area contributed by atoms with Crippen LogP contribution in [0.5, 0.6) is 0 Å². The van der Waals surface area contributed by atoms with Crippen LogP contribution >= 0.6 is 0 Å². The van der Waals surface area contributed by atoms with Crippen molar-refractivity contribution in [3.05, 3.63) is 0 Å². The third-order valence-electron chi connectivity index (χ3n) is 3.95. The van der Waals surface area contributed by atoms with E-state index in [9.17, 15) is 9.59 Å². The smallest absolute Gasteiger partial charge is 0.307 e. The van der Waals surface area contributed by atoms with Gasteiger partial charge >= 0.3 is 5.97 Å². The summed E-state index contributed by atoms with van der Waals surface area (Å²) in [4.78, 5) is 23.2. The normalized spacial score (nSPS) is 32.1. The van der Waals surface area contributed by atoms with E-state index >= 15 is 0 Å². The van der Waals surface area contributed by atoms with Gasteiger partial charge in [0.25, 0.3) is 0 Å². The number of nitrogens with one attached hydrogen (secondary N) is 1. The largest absolute Gasteiger partial charge is 0.481 e.